The Morgan fingerprint density at radius 3 is 2.46 bits per heavy atom. The maximum absolute atomic E-state index is 9.49. The Morgan fingerprint density at radius 1 is 1.15 bits per heavy atom. The van der Waals surface area contributed by atoms with E-state index in [-0.39, 0.29) is 5.75 Å². The quantitative estimate of drug-likeness (QED) is 0.587. The molecule has 0 bridgehead atoms. The summed E-state index contributed by atoms with van der Waals surface area (Å²) in [5, 5.41) is 21.5. The fourth-order valence-corrected chi connectivity index (χ4v) is 3.49. The number of aromatic nitrogens is 1. The van der Waals surface area contributed by atoms with E-state index in [0.29, 0.717) is 16.5 Å². The Hall–Kier alpha value is -2.90. The fourth-order valence-electron chi connectivity index (χ4n) is 2.69. The summed E-state index contributed by atoms with van der Waals surface area (Å²) in [5.74, 6) is 0.841. The molecule has 0 saturated carbocycles. The molecule has 0 unspecified atom stereocenters. The van der Waals surface area contributed by atoms with Crippen molar-refractivity contribution in [1.29, 1.82) is 5.26 Å². The van der Waals surface area contributed by atoms with E-state index in [4.69, 9.17) is 0 Å². The predicted octanol–water partition coefficient (Wildman–Crippen LogP) is 5.78. The molecule has 0 radical (unpaired) electrons. The lowest BCUT2D eigenvalue weighted by atomic mass is 10.0. The molecule has 1 N–H and O–H groups in total. The number of phenols is 1. The van der Waals surface area contributed by atoms with Crippen LogP contribution in [-0.4, -0.2) is 10.1 Å². The number of thiazole rings is 1. The smallest absolute Gasteiger partial charge is 0.134 e. The number of aromatic hydroxyl groups is 1. The average molecular weight is 360 g/mol. The highest BCUT2D eigenvalue weighted by molar-refractivity contribution is 7.11. The lowest BCUT2D eigenvalue weighted by molar-refractivity contribution is 0.475. The molecular formula is C22H20N2OS. The second-order valence-electron chi connectivity index (χ2n) is 6.59. The highest BCUT2D eigenvalue weighted by Gasteiger charge is 2.09. The number of benzene rings is 2. The van der Waals surface area contributed by atoms with Gasteiger partial charge in [-0.3, -0.25) is 0 Å². The molecule has 3 nitrogen and oxygen atoms in total. The largest absolute Gasteiger partial charge is 0.508 e. The summed E-state index contributed by atoms with van der Waals surface area (Å²) in [5.41, 5.74) is 4.64. The first-order chi connectivity index (χ1) is 12.5. The molecule has 0 spiro atoms. The fraction of sp³-hybridized carbons (Fsp3) is 0.182. The molecule has 0 aliphatic rings. The molecule has 0 saturated heterocycles. The van der Waals surface area contributed by atoms with Crippen LogP contribution in [-0.2, 0) is 6.42 Å². The molecule has 1 heterocycles. The number of allylic oxidation sites excluding steroid dienone is 1. The molecule has 0 atom stereocenters. The SMILES string of the molecule is CC(C)Cc1ccc(-c2csc(C(C#N)=Cc3ccc(O)cc3)n2)cc1. The standard InChI is InChI=1S/C22H20N2OS/c1-15(2)11-16-3-7-18(8-4-16)21-14-26-22(24-21)19(13-23)12-17-5-9-20(25)10-6-17/h3-10,12,14-15,25H,11H2,1-2H3. The van der Waals surface area contributed by atoms with Gasteiger partial charge in [0.15, 0.2) is 0 Å². The maximum atomic E-state index is 9.49. The minimum atomic E-state index is 0.207. The molecule has 0 aliphatic carbocycles. The molecule has 3 rings (SSSR count). The van der Waals surface area contributed by atoms with Gasteiger partial charge in [0.1, 0.15) is 16.8 Å². The van der Waals surface area contributed by atoms with Crippen molar-refractivity contribution in [2.24, 2.45) is 5.92 Å². The number of nitriles is 1. The first-order valence-corrected chi connectivity index (χ1v) is 9.39. The van der Waals surface area contributed by atoms with Crippen LogP contribution < -0.4 is 0 Å². The molecule has 26 heavy (non-hydrogen) atoms. The maximum Gasteiger partial charge on any atom is 0.134 e. The Bertz CT molecular complexity index is 945. The summed E-state index contributed by atoms with van der Waals surface area (Å²) in [6, 6.07) is 17.4. The van der Waals surface area contributed by atoms with Gasteiger partial charge >= 0.3 is 0 Å². The number of nitrogens with zero attached hydrogens (tertiary/aromatic N) is 2. The molecule has 0 aliphatic heterocycles. The topological polar surface area (TPSA) is 56.9 Å². The first-order valence-electron chi connectivity index (χ1n) is 8.51. The molecule has 130 valence electrons. The lowest BCUT2D eigenvalue weighted by Crippen LogP contribution is -1.93. The number of hydrogen-bond acceptors (Lipinski definition) is 4. The van der Waals surface area contributed by atoms with Crippen LogP contribution in [0.5, 0.6) is 5.75 Å². The number of phenolic OH excluding ortho intramolecular Hbond substituents is 1. The number of hydrogen-bond donors (Lipinski definition) is 1. The molecular weight excluding hydrogens is 340 g/mol. The van der Waals surface area contributed by atoms with Gasteiger partial charge < -0.3 is 5.11 Å². The molecule has 0 fully saturated rings. The van der Waals surface area contributed by atoms with Gasteiger partial charge in [-0.05, 0) is 41.7 Å². The van der Waals surface area contributed by atoms with E-state index >= 15 is 0 Å². The second-order valence-corrected chi connectivity index (χ2v) is 7.45. The van der Waals surface area contributed by atoms with Gasteiger partial charge in [-0.15, -0.1) is 11.3 Å². The van der Waals surface area contributed by atoms with Gasteiger partial charge in [-0.1, -0.05) is 50.2 Å². The molecule has 3 aromatic rings. The van der Waals surface area contributed by atoms with Crippen LogP contribution in [0.25, 0.3) is 22.9 Å². The van der Waals surface area contributed by atoms with Gasteiger partial charge in [0, 0.05) is 10.9 Å². The zero-order valence-electron chi connectivity index (χ0n) is 14.8. The second kappa shape index (κ2) is 7.99. The van der Waals surface area contributed by atoms with Crippen molar-refractivity contribution in [3.8, 4) is 23.1 Å². The van der Waals surface area contributed by atoms with Gasteiger partial charge in [0.25, 0.3) is 0 Å². The predicted molar refractivity (Wildman–Crippen MR) is 108 cm³/mol. The third kappa shape index (κ3) is 4.38. The Labute approximate surface area is 157 Å². The van der Waals surface area contributed by atoms with Crippen molar-refractivity contribution in [3.05, 3.63) is 70.0 Å². The zero-order chi connectivity index (χ0) is 18.5. The minimum absolute atomic E-state index is 0.207. The summed E-state index contributed by atoms with van der Waals surface area (Å²) in [6.45, 7) is 4.43. The van der Waals surface area contributed by atoms with E-state index in [1.807, 2.05) is 5.38 Å². The van der Waals surface area contributed by atoms with E-state index in [1.165, 1.54) is 16.9 Å². The van der Waals surface area contributed by atoms with Gasteiger partial charge in [-0.2, -0.15) is 5.26 Å². The monoisotopic (exact) mass is 360 g/mol. The minimum Gasteiger partial charge on any atom is -0.508 e. The summed E-state index contributed by atoms with van der Waals surface area (Å²) in [4.78, 5) is 4.63. The van der Waals surface area contributed by atoms with Crippen LogP contribution in [0.3, 0.4) is 0 Å². The van der Waals surface area contributed by atoms with Crippen LogP contribution in [0.1, 0.15) is 30.0 Å². The Balaban J connectivity index is 1.84. The van der Waals surface area contributed by atoms with Crippen LogP contribution >= 0.6 is 11.3 Å². The van der Waals surface area contributed by atoms with Crippen molar-refractivity contribution in [3.63, 3.8) is 0 Å². The Morgan fingerprint density at radius 2 is 1.85 bits per heavy atom. The third-order valence-electron chi connectivity index (χ3n) is 3.95. The summed E-state index contributed by atoms with van der Waals surface area (Å²) >= 11 is 1.46. The summed E-state index contributed by atoms with van der Waals surface area (Å²) < 4.78 is 0. The van der Waals surface area contributed by atoms with Crippen molar-refractivity contribution in [1.82, 2.24) is 4.98 Å². The van der Waals surface area contributed by atoms with Gasteiger partial charge in [-0.25, -0.2) is 4.98 Å². The highest BCUT2D eigenvalue weighted by atomic mass is 32.1. The van der Waals surface area contributed by atoms with Crippen molar-refractivity contribution in [2.75, 3.05) is 0 Å². The molecule has 1 aromatic heterocycles. The van der Waals surface area contributed by atoms with Crippen LogP contribution in [0.15, 0.2) is 53.9 Å². The summed E-state index contributed by atoms with van der Waals surface area (Å²) in [6.07, 6.45) is 2.85. The zero-order valence-corrected chi connectivity index (χ0v) is 15.6. The van der Waals surface area contributed by atoms with Crippen LogP contribution in [0, 0.1) is 17.2 Å². The number of rotatable bonds is 5. The van der Waals surface area contributed by atoms with E-state index in [0.717, 1.165) is 23.2 Å². The lowest BCUT2D eigenvalue weighted by Gasteiger charge is -2.05. The van der Waals surface area contributed by atoms with Crippen LogP contribution in [0.2, 0.25) is 0 Å². The van der Waals surface area contributed by atoms with Crippen molar-refractivity contribution < 1.29 is 5.11 Å². The first kappa shape index (κ1) is 17.9. The van der Waals surface area contributed by atoms with Crippen LogP contribution in [0.4, 0.5) is 0 Å². The molecule has 4 heteroatoms. The van der Waals surface area contributed by atoms with Gasteiger partial charge in [0.05, 0.1) is 11.3 Å². The molecule has 2 aromatic carbocycles. The third-order valence-corrected chi connectivity index (χ3v) is 4.83. The van der Waals surface area contributed by atoms with E-state index in [9.17, 15) is 10.4 Å². The van der Waals surface area contributed by atoms with E-state index < -0.39 is 0 Å². The van der Waals surface area contributed by atoms with E-state index in [2.05, 4.69) is 49.2 Å². The summed E-state index contributed by atoms with van der Waals surface area (Å²) in [7, 11) is 0. The van der Waals surface area contributed by atoms with Crippen molar-refractivity contribution >= 4 is 23.0 Å². The van der Waals surface area contributed by atoms with E-state index in [1.54, 1.807) is 30.3 Å². The normalized spacial score (nSPS) is 11.5. The average Bonchev–Trinajstić information content (AvgIpc) is 3.11. The van der Waals surface area contributed by atoms with Gasteiger partial charge in [0.2, 0.25) is 0 Å². The highest BCUT2D eigenvalue weighted by Crippen LogP contribution is 2.28. The molecule has 0 amide bonds. The Kier molecular flexibility index (Phi) is 5.50. The van der Waals surface area contributed by atoms with Crippen molar-refractivity contribution in [2.45, 2.75) is 20.3 Å².